The maximum Gasteiger partial charge on any atom is 0.230 e. The number of carbonyl (C=O) groups excluding carboxylic acids is 1. The lowest BCUT2D eigenvalue weighted by molar-refractivity contribution is -0.119. The second-order valence-electron chi connectivity index (χ2n) is 8.70. The highest BCUT2D eigenvalue weighted by Crippen LogP contribution is 2.36. The molecule has 0 spiro atoms. The first kappa shape index (κ1) is 21.9. The number of carbonyl (C=O) groups is 1. The number of hydrogen-bond acceptors (Lipinski definition) is 4. The van der Waals surface area contributed by atoms with Crippen LogP contribution in [-0.2, 0) is 4.79 Å². The number of thioether (sulfide) groups is 1. The summed E-state index contributed by atoms with van der Waals surface area (Å²) < 4.78 is 3.35. The second-order valence-corrected chi connectivity index (χ2v) is 10.6. The minimum atomic E-state index is 0.113. The zero-order valence-electron chi connectivity index (χ0n) is 17.6. The molecule has 0 radical (unpaired) electrons. The normalized spacial score (nSPS) is 22.7. The van der Waals surface area contributed by atoms with E-state index in [-0.39, 0.29) is 5.91 Å². The van der Waals surface area contributed by atoms with Crippen LogP contribution in [0.15, 0.2) is 33.9 Å². The summed E-state index contributed by atoms with van der Waals surface area (Å²) in [4.78, 5) is 12.6. The largest absolute Gasteiger partial charge is 0.352 e. The summed E-state index contributed by atoms with van der Waals surface area (Å²) >= 11 is 5.04. The van der Waals surface area contributed by atoms with E-state index in [1.165, 1.54) is 50.3 Å². The molecule has 1 N–H and O–H groups in total. The number of halogens is 1. The number of aromatic nitrogens is 3. The Morgan fingerprint density at radius 1 is 1.07 bits per heavy atom. The molecular formula is C23H31BrN4OS. The van der Waals surface area contributed by atoms with Gasteiger partial charge in [0.15, 0.2) is 11.0 Å². The zero-order chi connectivity index (χ0) is 20.9. The van der Waals surface area contributed by atoms with E-state index in [1.807, 2.05) is 12.1 Å². The van der Waals surface area contributed by atoms with Crippen molar-refractivity contribution in [2.45, 2.75) is 82.0 Å². The molecule has 1 aromatic heterocycles. The van der Waals surface area contributed by atoms with Crippen LogP contribution in [0.25, 0.3) is 11.4 Å². The monoisotopic (exact) mass is 490 g/mol. The average molecular weight is 491 g/mol. The molecule has 162 valence electrons. The quantitative estimate of drug-likeness (QED) is 0.504. The minimum absolute atomic E-state index is 0.113. The average Bonchev–Trinajstić information content (AvgIpc) is 3.19. The second kappa shape index (κ2) is 10.3. The number of rotatable bonds is 6. The highest BCUT2D eigenvalue weighted by Gasteiger charge is 2.26. The Labute approximate surface area is 191 Å². The number of nitrogens with one attached hydrogen (secondary N) is 1. The maximum atomic E-state index is 12.6. The van der Waals surface area contributed by atoms with Crippen molar-refractivity contribution in [3.8, 4) is 11.4 Å². The molecule has 1 heterocycles. The van der Waals surface area contributed by atoms with Gasteiger partial charge in [-0.1, -0.05) is 78.9 Å². The lowest BCUT2D eigenvalue weighted by Gasteiger charge is -2.29. The molecule has 5 nitrogen and oxygen atoms in total. The molecule has 2 aliphatic rings. The van der Waals surface area contributed by atoms with Gasteiger partial charge in [0.1, 0.15) is 0 Å². The summed E-state index contributed by atoms with van der Waals surface area (Å²) in [5.41, 5.74) is 1.07. The number of nitrogens with zero attached hydrogens (tertiary/aromatic N) is 3. The van der Waals surface area contributed by atoms with Crippen molar-refractivity contribution in [2.75, 3.05) is 5.75 Å². The van der Waals surface area contributed by atoms with Crippen LogP contribution in [0.1, 0.15) is 70.8 Å². The van der Waals surface area contributed by atoms with Crippen LogP contribution in [0, 0.1) is 5.92 Å². The van der Waals surface area contributed by atoms with Gasteiger partial charge in [0.2, 0.25) is 5.91 Å². The van der Waals surface area contributed by atoms with Crippen LogP contribution in [0.4, 0.5) is 0 Å². The molecule has 2 saturated carbocycles. The lowest BCUT2D eigenvalue weighted by Crippen LogP contribution is -2.41. The fraction of sp³-hybridized carbons (Fsp3) is 0.609. The molecule has 0 aliphatic heterocycles. The summed E-state index contributed by atoms with van der Waals surface area (Å²) in [6.45, 7) is 2.25. The third-order valence-electron chi connectivity index (χ3n) is 6.50. The van der Waals surface area contributed by atoms with E-state index in [0.717, 1.165) is 40.3 Å². The van der Waals surface area contributed by atoms with Gasteiger partial charge in [-0.25, -0.2) is 0 Å². The van der Waals surface area contributed by atoms with E-state index in [9.17, 15) is 4.79 Å². The zero-order valence-corrected chi connectivity index (χ0v) is 20.1. The standard InChI is InChI=1S/C23H31BrN4OS/c1-16-7-5-6-10-20(16)25-21(29)15-30-23-27-26-22(17-11-13-18(24)14-12-17)28(23)19-8-3-2-4-9-19/h11-14,16,19-20H,2-10,15H2,1H3,(H,25,29)/t16-,20+/m0/s1. The third-order valence-corrected chi connectivity index (χ3v) is 7.97. The first-order valence-corrected chi connectivity index (χ1v) is 13.0. The molecule has 2 aliphatic carbocycles. The van der Waals surface area contributed by atoms with Gasteiger partial charge in [-0.05, 0) is 43.7 Å². The topological polar surface area (TPSA) is 59.8 Å². The van der Waals surface area contributed by atoms with Crippen molar-refractivity contribution >= 4 is 33.6 Å². The Morgan fingerprint density at radius 2 is 1.77 bits per heavy atom. The molecule has 1 amide bonds. The van der Waals surface area contributed by atoms with E-state index in [1.54, 1.807) is 0 Å². The Bertz CT molecular complexity index is 847. The summed E-state index contributed by atoms with van der Waals surface area (Å²) in [7, 11) is 0. The molecule has 0 bridgehead atoms. The predicted octanol–water partition coefficient (Wildman–Crippen LogP) is 6.00. The molecule has 7 heteroatoms. The van der Waals surface area contributed by atoms with Crippen molar-refractivity contribution < 1.29 is 4.79 Å². The predicted molar refractivity (Wildman–Crippen MR) is 126 cm³/mol. The molecule has 2 atom stereocenters. The minimum Gasteiger partial charge on any atom is -0.352 e. The molecule has 2 aromatic rings. The molecule has 1 aromatic carbocycles. The highest BCUT2D eigenvalue weighted by atomic mass is 79.9. The van der Waals surface area contributed by atoms with E-state index in [0.29, 0.717) is 23.8 Å². The number of benzene rings is 1. The van der Waals surface area contributed by atoms with E-state index < -0.39 is 0 Å². The van der Waals surface area contributed by atoms with Gasteiger partial charge in [0.05, 0.1) is 5.75 Å². The fourth-order valence-electron chi connectivity index (χ4n) is 4.75. The van der Waals surface area contributed by atoms with Gasteiger partial charge in [-0.3, -0.25) is 9.36 Å². The molecule has 2 fully saturated rings. The van der Waals surface area contributed by atoms with Crippen LogP contribution in [-0.4, -0.2) is 32.5 Å². The van der Waals surface area contributed by atoms with Crippen molar-refractivity contribution in [2.24, 2.45) is 5.92 Å². The van der Waals surface area contributed by atoms with Crippen LogP contribution in [0.2, 0.25) is 0 Å². The van der Waals surface area contributed by atoms with Crippen LogP contribution >= 0.6 is 27.7 Å². The van der Waals surface area contributed by atoms with Gasteiger partial charge < -0.3 is 5.32 Å². The summed E-state index contributed by atoms with van der Waals surface area (Å²) in [5.74, 6) is 2.00. The van der Waals surface area contributed by atoms with Gasteiger partial charge in [-0.15, -0.1) is 10.2 Å². The Hall–Kier alpha value is -1.34. The van der Waals surface area contributed by atoms with E-state index in [2.05, 4.69) is 55.1 Å². The van der Waals surface area contributed by atoms with Crippen molar-refractivity contribution in [3.63, 3.8) is 0 Å². The number of amides is 1. The molecule has 0 saturated heterocycles. The van der Waals surface area contributed by atoms with Crippen LogP contribution < -0.4 is 5.32 Å². The molecule has 0 unspecified atom stereocenters. The van der Waals surface area contributed by atoms with E-state index >= 15 is 0 Å². The summed E-state index contributed by atoms with van der Waals surface area (Å²) in [5, 5.41) is 13.2. The molecule has 4 rings (SSSR count). The Balaban J connectivity index is 1.49. The first-order chi connectivity index (χ1) is 14.6. The molecular weight excluding hydrogens is 460 g/mol. The van der Waals surface area contributed by atoms with Gasteiger partial charge in [0.25, 0.3) is 0 Å². The van der Waals surface area contributed by atoms with Gasteiger partial charge in [0, 0.05) is 22.1 Å². The first-order valence-electron chi connectivity index (χ1n) is 11.2. The fourth-order valence-corrected chi connectivity index (χ4v) is 5.83. The Morgan fingerprint density at radius 3 is 2.50 bits per heavy atom. The SMILES string of the molecule is C[C@H]1CCCC[C@H]1NC(=O)CSc1nnc(-c2ccc(Br)cc2)n1C1CCCCC1. The van der Waals surface area contributed by atoms with Crippen LogP contribution in [0.3, 0.4) is 0 Å². The van der Waals surface area contributed by atoms with Crippen molar-refractivity contribution in [1.29, 1.82) is 0 Å². The third kappa shape index (κ3) is 5.28. The van der Waals surface area contributed by atoms with Crippen molar-refractivity contribution in [3.05, 3.63) is 28.7 Å². The van der Waals surface area contributed by atoms with Gasteiger partial charge in [-0.2, -0.15) is 0 Å². The molecule has 30 heavy (non-hydrogen) atoms. The van der Waals surface area contributed by atoms with E-state index in [4.69, 9.17) is 0 Å². The maximum absolute atomic E-state index is 12.6. The summed E-state index contributed by atoms with van der Waals surface area (Å²) in [6, 6.07) is 8.98. The van der Waals surface area contributed by atoms with Crippen molar-refractivity contribution in [1.82, 2.24) is 20.1 Å². The number of hydrogen-bond donors (Lipinski definition) is 1. The lowest BCUT2D eigenvalue weighted by atomic mass is 9.86. The summed E-state index contributed by atoms with van der Waals surface area (Å²) in [6.07, 6.45) is 10.9. The van der Waals surface area contributed by atoms with Gasteiger partial charge >= 0.3 is 0 Å². The Kier molecular flexibility index (Phi) is 7.52. The van der Waals surface area contributed by atoms with Crippen LogP contribution in [0.5, 0.6) is 0 Å². The smallest absolute Gasteiger partial charge is 0.230 e. The highest BCUT2D eigenvalue weighted by molar-refractivity contribution is 9.10.